The molecule has 0 bridgehead atoms. The van der Waals surface area contributed by atoms with E-state index in [1.807, 2.05) is 13.0 Å². The van der Waals surface area contributed by atoms with Gasteiger partial charge in [-0.05, 0) is 43.0 Å². The van der Waals surface area contributed by atoms with Crippen molar-refractivity contribution in [3.05, 3.63) is 35.1 Å². The van der Waals surface area contributed by atoms with Crippen LogP contribution in [0.1, 0.15) is 30.9 Å². The minimum atomic E-state index is -0.237. The average molecular weight is 252 g/mol. The van der Waals surface area contributed by atoms with E-state index < -0.39 is 0 Å². The van der Waals surface area contributed by atoms with Gasteiger partial charge in [0.1, 0.15) is 5.82 Å². The fourth-order valence-electron chi connectivity index (χ4n) is 1.53. The van der Waals surface area contributed by atoms with E-state index in [0.717, 1.165) is 12.0 Å². The van der Waals surface area contributed by atoms with Crippen molar-refractivity contribution in [2.24, 2.45) is 11.7 Å². The van der Waals surface area contributed by atoms with Gasteiger partial charge in [-0.3, -0.25) is 4.79 Å². The first-order valence-electron chi connectivity index (χ1n) is 6.24. The molecule has 0 aromatic heterocycles. The number of nitrogens with two attached hydrogens (primary N) is 1. The Hall–Kier alpha value is -1.42. The number of benzene rings is 1. The Bertz CT molecular complexity index is 407. The number of nitrogens with one attached hydrogen (secondary N) is 1. The molecule has 0 aliphatic rings. The van der Waals surface area contributed by atoms with E-state index in [1.165, 1.54) is 6.07 Å². The number of halogens is 1. The van der Waals surface area contributed by atoms with Gasteiger partial charge < -0.3 is 11.1 Å². The maximum Gasteiger partial charge on any atom is 0.220 e. The van der Waals surface area contributed by atoms with Crippen LogP contribution in [0.2, 0.25) is 0 Å². The predicted octanol–water partition coefficient (Wildman–Crippen LogP) is 2.13. The molecule has 0 heterocycles. The number of hydrogen-bond acceptors (Lipinski definition) is 2. The zero-order valence-corrected chi connectivity index (χ0v) is 11.0. The molecule has 0 radical (unpaired) electrons. The first kappa shape index (κ1) is 14.6. The van der Waals surface area contributed by atoms with Gasteiger partial charge in [0.25, 0.3) is 0 Å². The Labute approximate surface area is 108 Å². The van der Waals surface area contributed by atoms with Gasteiger partial charge in [0.15, 0.2) is 0 Å². The van der Waals surface area contributed by atoms with Gasteiger partial charge in [-0.1, -0.05) is 19.1 Å². The van der Waals surface area contributed by atoms with Crippen molar-refractivity contribution >= 4 is 5.91 Å². The van der Waals surface area contributed by atoms with Gasteiger partial charge in [0.2, 0.25) is 5.91 Å². The maximum atomic E-state index is 13.3. The zero-order valence-electron chi connectivity index (χ0n) is 11.0. The molecular weight excluding hydrogens is 231 g/mol. The van der Waals surface area contributed by atoms with E-state index in [4.69, 9.17) is 5.73 Å². The molecule has 0 aliphatic heterocycles. The van der Waals surface area contributed by atoms with Gasteiger partial charge >= 0.3 is 0 Å². The number of carbonyl (C=O) groups is 1. The fourth-order valence-corrected chi connectivity index (χ4v) is 1.53. The largest absolute Gasteiger partial charge is 0.352 e. The molecule has 0 aliphatic carbocycles. The van der Waals surface area contributed by atoms with Crippen LogP contribution in [-0.4, -0.2) is 12.5 Å². The summed E-state index contributed by atoms with van der Waals surface area (Å²) in [5.74, 6) is 0.0994. The summed E-state index contributed by atoms with van der Waals surface area (Å²) in [5.41, 5.74) is 6.87. The third-order valence-electron chi connectivity index (χ3n) is 2.99. The van der Waals surface area contributed by atoms with Crippen LogP contribution in [0.25, 0.3) is 0 Å². The highest BCUT2D eigenvalue weighted by Crippen LogP contribution is 2.09. The van der Waals surface area contributed by atoms with Crippen LogP contribution in [0, 0.1) is 18.7 Å². The lowest BCUT2D eigenvalue weighted by molar-refractivity contribution is -0.121. The van der Waals surface area contributed by atoms with E-state index in [2.05, 4.69) is 5.32 Å². The lowest BCUT2D eigenvalue weighted by atomic mass is 10.1. The molecule has 1 rings (SSSR count). The molecule has 1 aromatic rings. The van der Waals surface area contributed by atoms with E-state index in [0.29, 0.717) is 31.0 Å². The Morgan fingerprint density at radius 2 is 2.22 bits per heavy atom. The molecule has 0 saturated carbocycles. The Balaban J connectivity index is 2.36. The SMILES string of the molecule is Cc1ccc(CNC(=O)CCC(C)CN)cc1F. The lowest BCUT2D eigenvalue weighted by Crippen LogP contribution is -2.24. The molecule has 4 heteroatoms. The minimum absolute atomic E-state index is 0.0173. The maximum absolute atomic E-state index is 13.3. The summed E-state index contributed by atoms with van der Waals surface area (Å²) >= 11 is 0. The molecule has 1 atom stereocenters. The molecule has 1 aromatic carbocycles. The van der Waals surface area contributed by atoms with Crippen molar-refractivity contribution < 1.29 is 9.18 Å². The molecule has 3 nitrogen and oxygen atoms in total. The summed E-state index contributed by atoms with van der Waals surface area (Å²) in [7, 11) is 0. The molecule has 0 saturated heterocycles. The van der Waals surface area contributed by atoms with Crippen molar-refractivity contribution in [2.45, 2.75) is 33.2 Å². The van der Waals surface area contributed by atoms with Crippen LogP contribution in [0.3, 0.4) is 0 Å². The van der Waals surface area contributed by atoms with Crippen molar-refractivity contribution in [1.29, 1.82) is 0 Å². The van der Waals surface area contributed by atoms with Crippen molar-refractivity contribution in [3.8, 4) is 0 Å². The number of amides is 1. The predicted molar refractivity (Wildman–Crippen MR) is 70.4 cm³/mol. The zero-order chi connectivity index (χ0) is 13.5. The number of rotatable bonds is 6. The third kappa shape index (κ3) is 4.84. The number of aryl methyl sites for hydroxylation is 1. The van der Waals surface area contributed by atoms with E-state index >= 15 is 0 Å². The van der Waals surface area contributed by atoms with Gasteiger partial charge in [-0.25, -0.2) is 4.39 Å². The van der Waals surface area contributed by atoms with E-state index in [1.54, 1.807) is 13.0 Å². The van der Waals surface area contributed by atoms with Crippen LogP contribution in [0.5, 0.6) is 0 Å². The summed E-state index contributed by atoms with van der Waals surface area (Å²) in [5, 5.41) is 2.78. The van der Waals surface area contributed by atoms with Crippen LogP contribution in [-0.2, 0) is 11.3 Å². The molecular formula is C14H21FN2O. The third-order valence-corrected chi connectivity index (χ3v) is 2.99. The van der Waals surface area contributed by atoms with E-state index in [9.17, 15) is 9.18 Å². The standard InChI is InChI=1S/C14H21FN2O/c1-10(8-16)3-6-14(18)17-9-12-5-4-11(2)13(15)7-12/h4-5,7,10H,3,6,8-9,16H2,1-2H3,(H,17,18). The highest BCUT2D eigenvalue weighted by Gasteiger charge is 2.06. The second-order valence-electron chi connectivity index (χ2n) is 4.74. The summed E-state index contributed by atoms with van der Waals surface area (Å²) in [6.45, 7) is 4.69. The second-order valence-corrected chi connectivity index (χ2v) is 4.74. The molecule has 100 valence electrons. The lowest BCUT2D eigenvalue weighted by Gasteiger charge is -2.09. The molecule has 0 fully saturated rings. The first-order chi connectivity index (χ1) is 8.52. The normalized spacial score (nSPS) is 12.2. The molecule has 3 N–H and O–H groups in total. The van der Waals surface area contributed by atoms with Crippen molar-refractivity contribution in [3.63, 3.8) is 0 Å². The smallest absolute Gasteiger partial charge is 0.220 e. The van der Waals surface area contributed by atoms with Gasteiger partial charge in [0, 0.05) is 13.0 Å². The van der Waals surface area contributed by atoms with Crippen molar-refractivity contribution in [2.75, 3.05) is 6.54 Å². The summed E-state index contributed by atoms with van der Waals surface area (Å²) in [4.78, 5) is 11.5. The Morgan fingerprint density at radius 3 is 2.83 bits per heavy atom. The fraction of sp³-hybridized carbons (Fsp3) is 0.500. The molecule has 0 spiro atoms. The number of carbonyl (C=O) groups excluding carboxylic acids is 1. The van der Waals surface area contributed by atoms with Crippen LogP contribution in [0.4, 0.5) is 4.39 Å². The molecule has 1 unspecified atom stereocenters. The Morgan fingerprint density at radius 1 is 1.50 bits per heavy atom. The van der Waals surface area contributed by atoms with E-state index in [-0.39, 0.29) is 11.7 Å². The average Bonchev–Trinajstić information content (AvgIpc) is 2.37. The number of hydrogen-bond donors (Lipinski definition) is 2. The van der Waals surface area contributed by atoms with Crippen LogP contribution >= 0.6 is 0 Å². The van der Waals surface area contributed by atoms with Gasteiger partial charge in [-0.15, -0.1) is 0 Å². The quantitative estimate of drug-likeness (QED) is 0.815. The second kappa shape index (κ2) is 7.11. The summed E-state index contributed by atoms with van der Waals surface area (Å²) in [6, 6.07) is 4.99. The highest BCUT2D eigenvalue weighted by atomic mass is 19.1. The summed E-state index contributed by atoms with van der Waals surface area (Å²) < 4.78 is 13.3. The summed E-state index contributed by atoms with van der Waals surface area (Å²) in [6.07, 6.45) is 1.25. The molecule has 18 heavy (non-hydrogen) atoms. The van der Waals surface area contributed by atoms with Crippen molar-refractivity contribution in [1.82, 2.24) is 5.32 Å². The molecule has 1 amide bonds. The topological polar surface area (TPSA) is 55.1 Å². The van der Waals surface area contributed by atoms with Gasteiger partial charge in [-0.2, -0.15) is 0 Å². The first-order valence-corrected chi connectivity index (χ1v) is 6.24. The monoisotopic (exact) mass is 252 g/mol. The highest BCUT2D eigenvalue weighted by molar-refractivity contribution is 5.75. The van der Waals surface area contributed by atoms with Gasteiger partial charge in [0.05, 0.1) is 0 Å². The van der Waals surface area contributed by atoms with Crippen LogP contribution < -0.4 is 11.1 Å². The minimum Gasteiger partial charge on any atom is -0.352 e. The van der Waals surface area contributed by atoms with Crippen LogP contribution in [0.15, 0.2) is 18.2 Å². The Kier molecular flexibility index (Phi) is 5.78.